The molecule has 0 aliphatic rings. The Morgan fingerprint density at radius 2 is 1.62 bits per heavy atom. The van der Waals surface area contributed by atoms with E-state index in [9.17, 15) is 14.4 Å². The molecule has 1 rings (SSSR count). The summed E-state index contributed by atoms with van der Waals surface area (Å²) in [6, 6.07) is 4.27. The van der Waals surface area contributed by atoms with Crippen LogP contribution in [-0.4, -0.2) is 36.6 Å². The second kappa shape index (κ2) is 7.95. The largest absolute Gasteiger partial charge is 0.467 e. The summed E-state index contributed by atoms with van der Waals surface area (Å²) < 4.78 is 9.86. The van der Waals surface area contributed by atoms with Gasteiger partial charge >= 0.3 is 11.9 Å². The lowest BCUT2D eigenvalue weighted by molar-refractivity contribution is -0.158. The standard InChI is InChI=1S/C18H25NO5/c1-11-7-12(2)9-13(8-11)16(21)19-14(17(22)23-6)10-15(20)24-18(3,4)5/h7-9,14H,10H2,1-6H3,(H,19,21)/t14-/m0/s1. The zero-order valence-electron chi connectivity index (χ0n) is 15.1. The van der Waals surface area contributed by atoms with Gasteiger partial charge < -0.3 is 14.8 Å². The number of amides is 1. The van der Waals surface area contributed by atoms with E-state index in [1.807, 2.05) is 19.9 Å². The van der Waals surface area contributed by atoms with E-state index in [1.165, 1.54) is 7.11 Å². The zero-order chi connectivity index (χ0) is 18.5. The maximum atomic E-state index is 12.4. The van der Waals surface area contributed by atoms with Crippen LogP contribution in [0, 0.1) is 13.8 Å². The number of nitrogens with one attached hydrogen (secondary N) is 1. The molecule has 6 heteroatoms. The third-order valence-corrected chi connectivity index (χ3v) is 3.07. The van der Waals surface area contributed by atoms with E-state index in [0.29, 0.717) is 5.56 Å². The highest BCUT2D eigenvalue weighted by Crippen LogP contribution is 2.12. The normalized spacial score (nSPS) is 12.2. The van der Waals surface area contributed by atoms with Gasteiger partial charge in [0.15, 0.2) is 0 Å². The first-order valence-corrected chi connectivity index (χ1v) is 7.70. The number of carbonyl (C=O) groups excluding carboxylic acids is 3. The molecule has 0 bridgehead atoms. The van der Waals surface area contributed by atoms with Gasteiger partial charge in [0, 0.05) is 5.56 Å². The average molecular weight is 335 g/mol. The molecule has 0 aromatic heterocycles. The predicted molar refractivity (Wildman–Crippen MR) is 89.6 cm³/mol. The number of hydrogen-bond acceptors (Lipinski definition) is 5. The van der Waals surface area contributed by atoms with Crippen LogP contribution in [-0.2, 0) is 19.1 Å². The number of aryl methyl sites for hydroxylation is 2. The van der Waals surface area contributed by atoms with Crippen molar-refractivity contribution in [3.8, 4) is 0 Å². The minimum atomic E-state index is -1.10. The Bertz CT molecular complexity index is 611. The molecule has 0 heterocycles. The van der Waals surface area contributed by atoms with Crippen molar-refractivity contribution in [2.45, 2.75) is 52.7 Å². The predicted octanol–water partition coefficient (Wildman–Crippen LogP) is 2.31. The second-order valence-electron chi connectivity index (χ2n) is 6.72. The van der Waals surface area contributed by atoms with Crippen molar-refractivity contribution in [2.75, 3.05) is 7.11 Å². The second-order valence-corrected chi connectivity index (χ2v) is 6.72. The Labute approximate surface area is 142 Å². The van der Waals surface area contributed by atoms with Gasteiger partial charge in [0.25, 0.3) is 5.91 Å². The minimum Gasteiger partial charge on any atom is -0.467 e. The zero-order valence-corrected chi connectivity index (χ0v) is 15.1. The number of ether oxygens (including phenoxy) is 2. The van der Waals surface area contributed by atoms with Crippen LogP contribution in [0.2, 0.25) is 0 Å². The van der Waals surface area contributed by atoms with Crippen LogP contribution in [0.4, 0.5) is 0 Å². The molecule has 0 fully saturated rings. The van der Waals surface area contributed by atoms with Crippen molar-refractivity contribution >= 4 is 17.8 Å². The summed E-state index contributed by atoms with van der Waals surface area (Å²) in [5.74, 6) is -1.72. The van der Waals surface area contributed by atoms with E-state index in [1.54, 1.807) is 32.9 Å². The molecule has 1 amide bonds. The molecule has 1 N–H and O–H groups in total. The first-order chi connectivity index (χ1) is 11.0. The third kappa shape index (κ3) is 6.40. The lowest BCUT2D eigenvalue weighted by Crippen LogP contribution is -2.44. The first-order valence-electron chi connectivity index (χ1n) is 7.70. The maximum Gasteiger partial charge on any atom is 0.328 e. The van der Waals surface area contributed by atoms with E-state index in [-0.39, 0.29) is 6.42 Å². The van der Waals surface area contributed by atoms with E-state index in [4.69, 9.17) is 4.74 Å². The van der Waals surface area contributed by atoms with E-state index in [2.05, 4.69) is 10.1 Å². The van der Waals surface area contributed by atoms with Gasteiger partial charge in [-0.1, -0.05) is 17.2 Å². The highest BCUT2D eigenvalue weighted by Gasteiger charge is 2.28. The van der Waals surface area contributed by atoms with Crippen LogP contribution in [0.25, 0.3) is 0 Å². The Morgan fingerprint density at radius 3 is 2.08 bits per heavy atom. The molecule has 0 spiro atoms. The molecule has 0 saturated heterocycles. The number of esters is 2. The number of methoxy groups -OCH3 is 1. The molecule has 1 atom stereocenters. The summed E-state index contributed by atoms with van der Waals surface area (Å²) >= 11 is 0. The van der Waals surface area contributed by atoms with Gasteiger partial charge in [-0.3, -0.25) is 9.59 Å². The smallest absolute Gasteiger partial charge is 0.328 e. The average Bonchev–Trinajstić information content (AvgIpc) is 2.42. The van der Waals surface area contributed by atoms with E-state index in [0.717, 1.165) is 11.1 Å². The lowest BCUT2D eigenvalue weighted by atomic mass is 10.1. The molecule has 0 aliphatic carbocycles. The lowest BCUT2D eigenvalue weighted by Gasteiger charge is -2.22. The molecule has 0 unspecified atom stereocenters. The molecular weight excluding hydrogens is 310 g/mol. The quantitative estimate of drug-likeness (QED) is 0.835. The highest BCUT2D eigenvalue weighted by molar-refractivity contribution is 5.98. The molecule has 6 nitrogen and oxygen atoms in total. The van der Waals surface area contributed by atoms with Gasteiger partial charge in [-0.2, -0.15) is 0 Å². The summed E-state index contributed by atoms with van der Waals surface area (Å²) in [6.07, 6.45) is -0.291. The Balaban J connectivity index is 2.87. The number of carbonyl (C=O) groups is 3. The van der Waals surface area contributed by atoms with Crippen molar-refractivity contribution in [3.05, 3.63) is 34.9 Å². The molecule has 1 aromatic carbocycles. The molecule has 24 heavy (non-hydrogen) atoms. The molecule has 1 aromatic rings. The topological polar surface area (TPSA) is 81.7 Å². The number of hydrogen-bond donors (Lipinski definition) is 1. The summed E-state index contributed by atoms with van der Waals surface area (Å²) in [5, 5.41) is 2.54. The van der Waals surface area contributed by atoms with Crippen LogP contribution >= 0.6 is 0 Å². The van der Waals surface area contributed by atoms with Crippen molar-refractivity contribution in [2.24, 2.45) is 0 Å². The van der Waals surface area contributed by atoms with Crippen LogP contribution in [0.15, 0.2) is 18.2 Å². The summed E-state index contributed by atoms with van der Waals surface area (Å²) in [4.78, 5) is 36.2. The van der Waals surface area contributed by atoms with Crippen molar-refractivity contribution in [3.63, 3.8) is 0 Å². The van der Waals surface area contributed by atoms with Gasteiger partial charge in [-0.15, -0.1) is 0 Å². The van der Waals surface area contributed by atoms with Gasteiger partial charge in [0.2, 0.25) is 0 Å². The monoisotopic (exact) mass is 335 g/mol. The molecular formula is C18H25NO5. The van der Waals surface area contributed by atoms with Crippen molar-refractivity contribution in [1.29, 1.82) is 0 Å². The Kier molecular flexibility index (Phi) is 6.51. The van der Waals surface area contributed by atoms with Gasteiger partial charge in [-0.25, -0.2) is 4.79 Å². The fraction of sp³-hybridized carbons (Fsp3) is 0.500. The summed E-state index contributed by atoms with van der Waals surface area (Å²) in [5.41, 5.74) is 1.62. The SMILES string of the molecule is COC(=O)[C@H](CC(=O)OC(C)(C)C)NC(=O)c1cc(C)cc(C)c1. The third-order valence-electron chi connectivity index (χ3n) is 3.07. The number of rotatable bonds is 5. The maximum absolute atomic E-state index is 12.4. The van der Waals surface area contributed by atoms with E-state index >= 15 is 0 Å². The molecule has 0 aliphatic heterocycles. The summed E-state index contributed by atoms with van der Waals surface area (Å²) in [7, 11) is 1.20. The highest BCUT2D eigenvalue weighted by atomic mass is 16.6. The van der Waals surface area contributed by atoms with Crippen LogP contribution in [0.1, 0.15) is 48.7 Å². The molecule has 0 radical (unpaired) electrons. The van der Waals surface area contributed by atoms with Gasteiger partial charge in [0.05, 0.1) is 13.5 Å². The Hall–Kier alpha value is -2.37. The van der Waals surface area contributed by atoms with E-state index < -0.39 is 29.5 Å². The first kappa shape index (κ1) is 19.7. The molecule has 0 saturated carbocycles. The minimum absolute atomic E-state index is 0.291. The summed E-state index contributed by atoms with van der Waals surface area (Å²) in [6.45, 7) is 8.94. The van der Waals surface area contributed by atoms with Crippen LogP contribution in [0.3, 0.4) is 0 Å². The van der Waals surface area contributed by atoms with Crippen molar-refractivity contribution in [1.82, 2.24) is 5.32 Å². The van der Waals surface area contributed by atoms with Gasteiger partial charge in [0.1, 0.15) is 11.6 Å². The number of benzene rings is 1. The van der Waals surface area contributed by atoms with Crippen LogP contribution < -0.4 is 5.32 Å². The molecule has 132 valence electrons. The fourth-order valence-electron chi connectivity index (χ4n) is 2.23. The van der Waals surface area contributed by atoms with Crippen molar-refractivity contribution < 1.29 is 23.9 Å². The Morgan fingerprint density at radius 1 is 1.08 bits per heavy atom. The van der Waals surface area contributed by atoms with Crippen LogP contribution in [0.5, 0.6) is 0 Å². The fourth-order valence-corrected chi connectivity index (χ4v) is 2.23. The van der Waals surface area contributed by atoms with Gasteiger partial charge in [-0.05, 0) is 46.8 Å².